The lowest BCUT2D eigenvalue weighted by Gasteiger charge is -2.06. The van der Waals surface area contributed by atoms with E-state index >= 15 is 0 Å². The highest BCUT2D eigenvalue weighted by Crippen LogP contribution is 2.29. The third-order valence-corrected chi connectivity index (χ3v) is 3.80. The molecule has 2 aromatic carbocycles. The molecule has 0 aliphatic heterocycles. The predicted molar refractivity (Wildman–Crippen MR) is 97.7 cm³/mol. The maximum Gasteiger partial charge on any atom is 0.301 e. The number of fused-ring (bicyclic) bond motifs is 1. The molecule has 27 heavy (non-hydrogen) atoms. The van der Waals surface area contributed by atoms with Gasteiger partial charge in [-0.1, -0.05) is 18.2 Å². The van der Waals surface area contributed by atoms with Gasteiger partial charge in [0.2, 0.25) is 5.55 Å². The second kappa shape index (κ2) is 7.04. The number of nitrogens with zero attached hydrogens (tertiary/aromatic N) is 3. The van der Waals surface area contributed by atoms with Crippen LogP contribution in [0.3, 0.4) is 0 Å². The Hall–Kier alpha value is -4.08. The van der Waals surface area contributed by atoms with Crippen molar-refractivity contribution in [2.24, 2.45) is 5.10 Å². The summed E-state index contributed by atoms with van der Waals surface area (Å²) in [5.41, 5.74) is 2.88. The first-order chi connectivity index (χ1) is 12.9. The van der Waals surface area contributed by atoms with Gasteiger partial charge in [-0.05, 0) is 25.1 Å². The number of rotatable bonds is 5. The molecular formula is C17H13N5O5. The lowest BCUT2D eigenvalue weighted by molar-refractivity contribution is -0.393. The summed E-state index contributed by atoms with van der Waals surface area (Å²) in [6.07, 6.45) is 0. The highest BCUT2D eigenvalue weighted by molar-refractivity contribution is 6.00. The number of benzene rings is 2. The summed E-state index contributed by atoms with van der Waals surface area (Å²) >= 11 is 0. The average Bonchev–Trinajstić information content (AvgIpc) is 2.65. The minimum absolute atomic E-state index is 0.00536. The number of nitro benzene ring substituents is 2. The molecule has 0 bridgehead atoms. The Morgan fingerprint density at radius 2 is 1.85 bits per heavy atom. The van der Waals surface area contributed by atoms with Crippen molar-refractivity contribution >= 4 is 33.7 Å². The van der Waals surface area contributed by atoms with E-state index in [0.717, 1.165) is 17.5 Å². The van der Waals surface area contributed by atoms with Crippen LogP contribution in [0.1, 0.15) is 12.5 Å². The number of hydrazone groups is 1. The molecule has 0 radical (unpaired) electrons. The average molecular weight is 367 g/mol. The van der Waals surface area contributed by atoms with Crippen molar-refractivity contribution in [3.05, 3.63) is 79.9 Å². The van der Waals surface area contributed by atoms with Gasteiger partial charge in [0, 0.05) is 11.5 Å². The summed E-state index contributed by atoms with van der Waals surface area (Å²) in [5, 5.41) is 34.8. The molecule has 0 spiro atoms. The van der Waals surface area contributed by atoms with E-state index in [1.54, 1.807) is 25.1 Å². The molecule has 0 fully saturated rings. The fourth-order valence-electron chi connectivity index (χ4n) is 2.43. The van der Waals surface area contributed by atoms with E-state index in [9.17, 15) is 20.2 Å². The van der Waals surface area contributed by atoms with Crippen LogP contribution in [0.5, 0.6) is 0 Å². The van der Waals surface area contributed by atoms with E-state index in [4.69, 9.17) is 9.83 Å². The molecule has 1 heterocycles. The molecule has 0 amide bonds. The summed E-state index contributed by atoms with van der Waals surface area (Å²) in [4.78, 5) is 20.5. The van der Waals surface area contributed by atoms with Crippen molar-refractivity contribution in [3.8, 4) is 0 Å². The zero-order valence-corrected chi connectivity index (χ0v) is 14.0. The van der Waals surface area contributed by atoms with Crippen molar-refractivity contribution in [1.82, 2.24) is 0 Å². The molecule has 0 unspecified atom stereocenters. The number of hydrogen-bond acceptors (Lipinski definition) is 8. The summed E-state index contributed by atoms with van der Waals surface area (Å²) in [6, 6.07) is 12.1. The van der Waals surface area contributed by atoms with E-state index in [0.29, 0.717) is 16.9 Å². The van der Waals surface area contributed by atoms with E-state index in [1.165, 1.54) is 6.07 Å². The molecule has 3 rings (SSSR count). The van der Waals surface area contributed by atoms with E-state index in [2.05, 4.69) is 10.5 Å². The molecular weight excluding hydrogens is 354 g/mol. The summed E-state index contributed by atoms with van der Waals surface area (Å²) in [5.74, 6) is 0. The Morgan fingerprint density at radius 3 is 2.56 bits per heavy atom. The van der Waals surface area contributed by atoms with Crippen LogP contribution < -0.4 is 11.0 Å². The lowest BCUT2D eigenvalue weighted by atomic mass is 10.1. The van der Waals surface area contributed by atoms with Crippen molar-refractivity contribution in [2.45, 2.75) is 6.92 Å². The van der Waals surface area contributed by atoms with Crippen LogP contribution in [0.4, 0.5) is 17.1 Å². The Labute approximate surface area is 151 Å². The Bertz CT molecular complexity index is 1150. The zero-order chi connectivity index (χ0) is 19.6. The molecule has 0 atom stereocenters. The van der Waals surface area contributed by atoms with Crippen LogP contribution in [0.25, 0.3) is 11.0 Å². The smallest absolute Gasteiger partial charge is 0.301 e. The van der Waals surface area contributed by atoms with Crippen LogP contribution >= 0.6 is 0 Å². The van der Waals surface area contributed by atoms with Crippen molar-refractivity contribution in [2.75, 3.05) is 5.43 Å². The van der Waals surface area contributed by atoms with Crippen molar-refractivity contribution < 1.29 is 14.3 Å². The monoisotopic (exact) mass is 367 g/mol. The second-order valence-corrected chi connectivity index (χ2v) is 5.55. The predicted octanol–water partition coefficient (Wildman–Crippen LogP) is 3.56. The highest BCUT2D eigenvalue weighted by atomic mass is 16.6. The fourth-order valence-corrected chi connectivity index (χ4v) is 2.43. The van der Waals surface area contributed by atoms with Gasteiger partial charge in [-0.3, -0.25) is 31.1 Å². The molecule has 0 saturated heterocycles. The van der Waals surface area contributed by atoms with Crippen LogP contribution in [-0.2, 0) is 0 Å². The normalized spacial score (nSPS) is 11.4. The molecule has 136 valence electrons. The van der Waals surface area contributed by atoms with Crippen molar-refractivity contribution in [1.29, 1.82) is 5.41 Å². The number of para-hydroxylation sites is 1. The van der Waals surface area contributed by atoms with Gasteiger partial charge in [0.05, 0.1) is 27.2 Å². The van der Waals surface area contributed by atoms with Gasteiger partial charge in [0.15, 0.2) is 0 Å². The number of hydrogen-bond donors (Lipinski definition) is 2. The van der Waals surface area contributed by atoms with Gasteiger partial charge in [0.25, 0.3) is 5.69 Å². The third kappa shape index (κ3) is 3.63. The minimum Gasteiger partial charge on any atom is -0.438 e. The van der Waals surface area contributed by atoms with Gasteiger partial charge in [-0.15, -0.1) is 0 Å². The van der Waals surface area contributed by atoms with Gasteiger partial charge in [0.1, 0.15) is 11.3 Å². The standard InChI is InChI=1S/C17H13N5O5/c1-10(13-8-11-4-2-3-5-16(11)27-17(13)18)19-20-14-7-6-12(21(23)24)9-15(14)22(25)26/h2-9,18,20H,1H3/b18-17?,19-10-. The Kier molecular flexibility index (Phi) is 4.62. The Balaban J connectivity index is 1.96. The van der Waals surface area contributed by atoms with Crippen LogP contribution in [0.2, 0.25) is 0 Å². The van der Waals surface area contributed by atoms with E-state index in [-0.39, 0.29) is 11.2 Å². The summed E-state index contributed by atoms with van der Waals surface area (Å²) < 4.78 is 5.44. The molecule has 3 aromatic rings. The van der Waals surface area contributed by atoms with Gasteiger partial charge in [-0.25, -0.2) is 0 Å². The molecule has 0 saturated carbocycles. The number of nitrogens with one attached hydrogen (secondary N) is 2. The molecule has 10 heteroatoms. The maximum atomic E-state index is 11.2. The van der Waals surface area contributed by atoms with E-state index in [1.807, 2.05) is 12.1 Å². The van der Waals surface area contributed by atoms with Gasteiger partial charge in [-0.2, -0.15) is 5.10 Å². The molecule has 0 aliphatic rings. The zero-order valence-electron chi connectivity index (χ0n) is 14.0. The topological polar surface area (TPSA) is 148 Å². The summed E-state index contributed by atoms with van der Waals surface area (Å²) in [7, 11) is 0. The SMILES string of the molecule is C/C(=N/Nc1ccc([N+](=O)[O-])cc1[N+](=O)[O-])c1cc2ccccc2oc1=N. The number of anilines is 1. The highest BCUT2D eigenvalue weighted by Gasteiger charge is 2.19. The molecule has 1 aromatic heterocycles. The molecule has 2 N–H and O–H groups in total. The van der Waals surface area contributed by atoms with Gasteiger partial charge < -0.3 is 4.42 Å². The van der Waals surface area contributed by atoms with Crippen LogP contribution in [0, 0.1) is 25.6 Å². The largest absolute Gasteiger partial charge is 0.438 e. The fraction of sp³-hybridized carbons (Fsp3) is 0.0588. The third-order valence-electron chi connectivity index (χ3n) is 3.80. The molecule has 10 nitrogen and oxygen atoms in total. The quantitative estimate of drug-likeness (QED) is 0.400. The van der Waals surface area contributed by atoms with Gasteiger partial charge >= 0.3 is 5.69 Å². The first kappa shape index (κ1) is 17.7. The van der Waals surface area contributed by atoms with E-state index < -0.39 is 21.2 Å². The number of non-ortho nitro benzene ring substituents is 1. The minimum atomic E-state index is -0.735. The number of nitro groups is 2. The molecule has 0 aliphatic carbocycles. The first-order valence-corrected chi connectivity index (χ1v) is 7.68. The van der Waals surface area contributed by atoms with Crippen LogP contribution in [0.15, 0.2) is 58.0 Å². The lowest BCUT2D eigenvalue weighted by Crippen LogP contribution is -2.13. The maximum absolute atomic E-state index is 11.2. The first-order valence-electron chi connectivity index (χ1n) is 7.68. The summed E-state index contributed by atoms with van der Waals surface area (Å²) in [6.45, 7) is 1.61. The second-order valence-electron chi connectivity index (χ2n) is 5.55. The Morgan fingerprint density at radius 1 is 1.11 bits per heavy atom. The van der Waals surface area contributed by atoms with Crippen molar-refractivity contribution in [3.63, 3.8) is 0 Å². The van der Waals surface area contributed by atoms with Crippen LogP contribution in [-0.4, -0.2) is 15.6 Å².